The molecule has 0 aliphatic rings. The number of benzene rings is 1. The van der Waals surface area contributed by atoms with Gasteiger partial charge in [-0.25, -0.2) is 0 Å². The Morgan fingerprint density at radius 2 is 2.21 bits per heavy atom. The Labute approximate surface area is 88.1 Å². The summed E-state index contributed by atoms with van der Waals surface area (Å²) in [5.41, 5.74) is 0.749. The van der Waals surface area contributed by atoms with Crippen LogP contribution in [-0.2, 0) is 9.53 Å². The van der Waals surface area contributed by atoms with Gasteiger partial charge in [0.25, 0.3) is 0 Å². The fraction of sp³-hybridized carbons (Fsp3) is 0.182. The van der Waals surface area contributed by atoms with Crippen LogP contribution in [0.4, 0.5) is 0 Å². The molecule has 0 radical (unpaired) electrons. The zero-order chi connectivity index (χ0) is 10.6. The van der Waals surface area contributed by atoms with E-state index in [1.165, 1.54) is 6.92 Å². The van der Waals surface area contributed by atoms with E-state index in [2.05, 4.69) is 6.58 Å². The highest BCUT2D eigenvalue weighted by atomic mass is 35.5. The van der Waals surface area contributed by atoms with Crippen molar-refractivity contribution in [3.63, 3.8) is 0 Å². The van der Waals surface area contributed by atoms with Gasteiger partial charge in [-0.2, -0.15) is 0 Å². The molecule has 0 fully saturated rings. The second-order valence-electron chi connectivity index (χ2n) is 2.79. The lowest BCUT2D eigenvalue weighted by atomic mass is 10.1. The Morgan fingerprint density at radius 3 is 2.71 bits per heavy atom. The Balaban J connectivity index is 2.94. The number of carbonyl (C=O) groups is 1. The van der Waals surface area contributed by atoms with E-state index >= 15 is 0 Å². The Morgan fingerprint density at radius 1 is 1.57 bits per heavy atom. The van der Waals surface area contributed by atoms with Crippen LogP contribution in [0.25, 0.3) is 0 Å². The molecular formula is C11H11ClO2. The van der Waals surface area contributed by atoms with Crippen LogP contribution in [0.2, 0.25) is 5.02 Å². The maximum absolute atomic E-state index is 10.8. The van der Waals surface area contributed by atoms with Gasteiger partial charge >= 0.3 is 5.97 Å². The van der Waals surface area contributed by atoms with Gasteiger partial charge in [0, 0.05) is 17.5 Å². The summed E-state index contributed by atoms with van der Waals surface area (Å²) in [6.07, 6.45) is 1.07. The van der Waals surface area contributed by atoms with E-state index in [1.54, 1.807) is 18.2 Å². The highest BCUT2D eigenvalue weighted by Crippen LogP contribution is 2.26. The zero-order valence-corrected chi connectivity index (χ0v) is 8.62. The van der Waals surface area contributed by atoms with E-state index in [0.717, 1.165) is 5.56 Å². The molecule has 0 aliphatic heterocycles. The lowest BCUT2D eigenvalue weighted by Crippen LogP contribution is -2.06. The average Bonchev–Trinajstić information content (AvgIpc) is 2.15. The van der Waals surface area contributed by atoms with Gasteiger partial charge in [0.2, 0.25) is 0 Å². The number of esters is 1. The minimum Gasteiger partial charge on any atom is -0.453 e. The van der Waals surface area contributed by atoms with E-state index in [9.17, 15) is 4.79 Å². The molecule has 0 spiro atoms. The van der Waals surface area contributed by atoms with Gasteiger partial charge in [0.15, 0.2) is 0 Å². The van der Waals surface area contributed by atoms with E-state index in [4.69, 9.17) is 16.3 Å². The molecule has 0 aliphatic carbocycles. The number of ether oxygens (including phenoxy) is 1. The first-order valence-corrected chi connectivity index (χ1v) is 4.57. The van der Waals surface area contributed by atoms with Crippen molar-refractivity contribution in [2.75, 3.05) is 0 Å². The Hall–Kier alpha value is -1.28. The molecule has 0 saturated carbocycles. The largest absolute Gasteiger partial charge is 0.453 e. The molecule has 0 heterocycles. The minimum atomic E-state index is -0.471. The first-order chi connectivity index (χ1) is 6.65. The predicted molar refractivity (Wildman–Crippen MR) is 56.2 cm³/mol. The third-order valence-corrected chi connectivity index (χ3v) is 2.06. The highest BCUT2D eigenvalue weighted by Gasteiger charge is 2.12. The molecule has 0 N–H and O–H groups in total. The van der Waals surface area contributed by atoms with Crippen molar-refractivity contribution < 1.29 is 9.53 Å². The topological polar surface area (TPSA) is 26.3 Å². The summed E-state index contributed by atoms with van der Waals surface area (Å²) in [4.78, 5) is 10.8. The van der Waals surface area contributed by atoms with Crippen LogP contribution in [0, 0.1) is 0 Å². The van der Waals surface area contributed by atoms with E-state index < -0.39 is 6.10 Å². The van der Waals surface area contributed by atoms with Crippen molar-refractivity contribution in [2.24, 2.45) is 0 Å². The van der Waals surface area contributed by atoms with Crippen molar-refractivity contribution in [2.45, 2.75) is 13.0 Å². The van der Waals surface area contributed by atoms with Crippen molar-refractivity contribution in [1.29, 1.82) is 0 Å². The first kappa shape index (κ1) is 10.8. The maximum atomic E-state index is 10.8. The Kier molecular flexibility index (Phi) is 3.72. The van der Waals surface area contributed by atoms with Gasteiger partial charge in [-0.05, 0) is 12.1 Å². The normalized spacial score (nSPS) is 11.9. The average molecular weight is 211 g/mol. The quantitative estimate of drug-likeness (QED) is 0.566. The molecule has 1 aromatic carbocycles. The third-order valence-electron chi connectivity index (χ3n) is 1.72. The Bertz CT molecular complexity index is 347. The van der Waals surface area contributed by atoms with Crippen molar-refractivity contribution in [3.8, 4) is 0 Å². The number of carbonyl (C=O) groups excluding carboxylic acids is 1. The maximum Gasteiger partial charge on any atom is 0.303 e. The molecule has 1 atom stereocenters. The zero-order valence-electron chi connectivity index (χ0n) is 7.87. The summed E-state index contributed by atoms with van der Waals surface area (Å²) >= 11 is 5.94. The highest BCUT2D eigenvalue weighted by molar-refractivity contribution is 6.31. The van der Waals surface area contributed by atoms with Gasteiger partial charge in [0.1, 0.15) is 6.10 Å². The summed E-state index contributed by atoms with van der Waals surface area (Å²) < 4.78 is 5.02. The second-order valence-corrected chi connectivity index (χ2v) is 3.19. The monoisotopic (exact) mass is 210 g/mol. The van der Waals surface area contributed by atoms with Crippen LogP contribution in [0.1, 0.15) is 18.6 Å². The fourth-order valence-electron chi connectivity index (χ4n) is 1.12. The molecular weight excluding hydrogens is 200 g/mol. The molecule has 3 heteroatoms. The summed E-state index contributed by atoms with van der Waals surface area (Å²) in [5.74, 6) is -0.352. The van der Waals surface area contributed by atoms with Crippen molar-refractivity contribution >= 4 is 17.6 Å². The van der Waals surface area contributed by atoms with Gasteiger partial charge in [-0.1, -0.05) is 36.4 Å². The van der Waals surface area contributed by atoms with Gasteiger partial charge in [0.05, 0.1) is 0 Å². The molecule has 0 saturated heterocycles. The van der Waals surface area contributed by atoms with Gasteiger partial charge < -0.3 is 4.74 Å². The van der Waals surface area contributed by atoms with Crippen LogP contribution in [0.5, 0.6) is 0 Å². The second kappa shape index (κ2) is 4.82. The predicted octanol–water partition coefficient (Wildman–Crippen LogP) is 3.13. The number of hydrogen-bond acceptors (Lipinski definition) is 2. The van der Waals surface area contributed by atoms with Gasteiger partial charge in [-0.3, -0.25) is 4.79 Å². The SMILES string of the molecule is C=C[C@@H](OC(C)=O)c1ccccc1Cl. The van der Waals surface area contributed by atoms with Gasteiger partial charge in [-0.15, -0.1) is 0 Å². The van der Waals surface area contributed by atoms with E-state index in [-0.39, 0.29) is 5.97 Å². The molecule has 0 unspecified atom stereocenters. The van der Waals surface area contributed by atoms with E-state index in [1.807, 2.05) is 12.1 Å². The summed E-state index contributed by atoms with van der Waals surface area (Å²) in [6.45, 7) is 4.95. The molecule has 1 aromatic rings. The number of halogens is 1. The summed E-state index contributed by atoms with van der Waals surface area (Å²) in [5, 5.41) is 0.568. The van der Waals surface area contributed by atoms with E-state index in [0.29, 0.717) is 5.02 Å². The lowest BCUT2D eigenvalue weighted by molar-refractivity contribution is -0.144. The van der Waals surface area contributed by atoms with Crippen LogP contribution in [0.3, 0.4) is 0 Å². The summed E-state index contributed by atoms with van der Waals surface area (Å²) in [7, 11) is 0. The lowest BCUT2D eigenvalue weighted by Gasteiger charge is -2.14. The minimum absolute atomic E-state index is 0.352. The first-order valence-electron chi connectivity index (χ1n) is 4.19. The molecule has 2 nitrogen and oxygen atoms in total. The van der Waals surface area contributed by atoms with Crippen LogP contribution in [0.15, 0.2) is 36.9 Å². The van der Waals surface area contributed by atoms with Crippen LogP contribution >= 0.6 is 11.6 Å². The van der Waals surface area contributed by atoms with Crippen molar-refractivity contribution in [1.82, 2.24) is 0 Å². The third kappa shape index (κ3) is 2.60. The van der Waals surface area contributed by atoms with Crippen LogP contribution < -0.4 is 0 Å². The fourth-order valence-corrected chi connectivity index (χ4v) is 1.37. The molecule has 0 bridgehead atoms. The standard InChI is InChI=1S/C11H11ClO2/c1-3-11(14-8(2)13)9-6-4-5-7-10(9)12/h3-7,11H,1H2,2H3/t11-/m1/s1. The summed E-state index contributed by atoms with van der Waals surface area (Å²) in [6, 6.07) is 7.20. The molecule has 14 heavy (non-hydrogen) atoms. The molecule has 1 rings (SSSR count). The number of rotatable bonds is 3. The van der Waals surface area contributed by atoms with Crippen LogP contribution in [-0.4, -0.2) is 5.97 Å². The molecule has 0 aromatic heterocycles. The van der Waals surface area contributed by atoms with Crippen molar-refractivity contribution in [3.05, 3.63) is 47.5 Å². The number of hydrogen-bond donors (Lipinski definition) is 0. The molecule has 74 valence electrons. The molecule has 0 amide bonds. The smallest absolute Gasteiger partial charge is 0.303 e.